The van der Waals surface area contributed by atoms with Crippen molar-refractivity contribution < 1.29 is 4.79 Å². The zero-order valence-corrected chi connectivity index (χ0v) is 11.7. The maximum Gasteiger partial charge on any atom is 0.223 e. The van der Waals surface area contributed by atoms with Crippen LogP contribution in [0.25, 0.3) is 0 Å². The average molecular weight is 251 g/mol. The van der Waals surface area contributed by atoms with Gasteiger partial charge >= 0.3 is 0 Å². The summed E-state index contributed by atoms with van der Waals surface area (Å²) in [5.41, 5.74) is 1.36. The second-order valence-corrected chi connectivity index (χ2v) is 6.25. The molecule has 1 aromatic rings. The molecule has 94 valence electrons. The van der Waals surface area contributed by atoms with Crippen molar-refractivity contribution >= 4 is 17.2 Å². The summed E-state index contributed by atoms with van der Waals surface area (Å²) in [6.07, 6.45) is 2.73. The maximum atomic E-state index is 12.2. The van der Waals surface area contributed by atoms with E-state index in [0.717, 1.165) is 19.4 Å². The molecule has 0 spiro atoms. The summed E-state index contributed by atoms with van der Waals surface area (Å²) in [6, 6.07) is 2.44. The Labute approximate surface area is 108 Å². The Morgan fingerprint density at radius 1 is 1.59 bits per heavy atom. The summed E-state index contributed by atoms with van der Waals surface area (Å²) < 4.78 is 0. The van der Waals surface area contributed by atoms with Crippen LogP contribution >= 0.6 is 11.3 Å². The lowest BCUT2D eigenvalue weighted by atomic mass is 10.00. The van der Waals surface area contributed by atoms with Gasteiger partial charge in [-0.3, -0.25) is 4.79 Å². The first kappa shape index (κ1) is 12.6. The highest BCUT2D eigenvalue weighted by Gasteiger charge is 2.27. The first-order valence-electron chi connectivity index (χ1n) is 6.45. The molecule has 1 aliphatic rings. The minimum Gasteiger partial charge on any atom is -0.336 e. The van der Waals surface area contributed by atoms with Gasteiger partial charge in [-0.1, -0.05) is 13.8 Å². The molecule has 2 rings (SSSR count). The van der Waals surface area contributed by atoms with Crippen LogP contribution in [-0.4, -0.2) is 17.4 Å². The topological polar surface area (TPSA) is 20.3 Å². The van der Waals surface area contributed by atoms with Gasteiger partial charge < -0.3 is 4.90 Å². The summed E-state index contributed by atoms with van der Waals surface area (Å²) >= 11 is 1.82. The first-order chi connectivity index (χ1) is 8.09. The molecule has 1 amide bonds. The van der Waals surface area contributed by atoms with E-state index in [9.17, 15) is 4.79 Å². The molecule has 0 saturated heterocycles. The SMILES string of the molecule is CC(C)CCC(=O)N1CCc2sccc2C1C. The van der Waals surface area contributed by atoms with Crippen molar-refractivity contribution in [1.29, 1.82) is 0 Å². The molecule has 2 heterocycles. The third-order valence-electron chi connectivity index (χ3n) is 3.53. The number of carbonyl (C=O) groups excluding carboxylic acids is 1. The van der Waals surface area contributed by atoms with E-state index in [2.05, 4.69) is 37.1 Å². The molecule has 0 aromatic carbocycles. The largest absolute Gasteiger partial charge is 0.336 e. The number of rotatable bonds is 3. The molecule has 1 unspecified atom stereocenters. The van der Waals surface area contributed by atoms with Gasteiger partial charge in [0.05, 0.1) is 6.04 Å². The molecule has 17 heavy (non-hydrogen) atoms. The van der Waals surface area contributed by atoms with Gasteiger partial charge in [-0.05, 0) is 42.7 Å². The lowest BCUT2D eigenvalue weighted by molar-refractivity contribution is -0.134. The Bertz CT molecular complexity index is 397. The molecule has 0 bridgehead atoms. The number of hydrogen-bond donors (Lipinski definition) is 0. The van der Waals surface area contributed by atoms with Crippen molar-refractivity contribution in [3.8, 4) is 0 Å². The minimum absolute atomic E-state index is 0.268. The van der Waals surface area contributed by atoms with Crippen molar-refractivity contribution in [1.82, 2.24) is 4.90 Å². The molecular formula is C14H21NOS. The van der Waals surface area contributed by atoms with Gasteiger partial charge in [0.15, 0.2) is 0 Å². The summed E-state index contributed by atoms with van der Waals surface area (Å²) in [5, 5.41) is 2.14. The third-order valence-corrected chi connectivity index (χ3v) is 4.53. The fourth-order valence-corrected chi connectivity index (χ4v) is 3.37. The quantitative estimate of drug-likeness (QED) is 0.803. The summed E-state index contributed by atoms with van der Waals surface area (Å²) in [5.74, 6) is 0.929. The predicted octanol–water partition coefficient (Wildman–Crippen LogP) is 3.63. The van der Waals surface area contributed by atoms with Crippen molar-refractivity contribution in [3.05, 3.63) is 21.9 Å². The molecule has 0 aliphatic carbocycles. The first-order valence-corrected chi connectivity index (χ1v) is 7.33. The Hall–Kier alpha value is -0.830. The van der Waals surface area contributed by atoms with Gasteiger partial charge in [0.25, 0.3) is 0 Å². The zero-order chi connectivity index (χ0) is 12.4. The Balaban J connectivity index is 2.02. The molecule has 0 saturated carbocycles. The lowest BCUT2D eigenvalue weighted by Gasteiger charge is -2.34. The van der Waals surface area contributed by atoms with Crippen LogP contribution in [0.4, 0.5) is 0 Å². The van der Waals surface area contributed by atoms with E-state index in [1.54, 1.807) is 0 Å². The molecule has 2 nitrogen and oxygen atoms in total. The molecule has 0 N–H and O–H groups in total. The number of fused-ring (bicyclic) bond motifs is 1. The fraction of sp³-hybridized carbons (Fsp3) is 0.643. The van der Waals surface area contributed by atoms with Crippen molar-refractivity contribution in [2.24, 2.45) is 5.92 Å². The van der Waals surface area contributed by atoms with Crippen LogP contribution in [0.5, 0.6) is 0 Å². The number of nitrogens with zero attached hydrogens (tertiary/aromatic N) is 1. The minimum atomic E-state index is 0.268. The third kappa shape index (κ3) is 2.71. The molecule has 0 radical (unpaired) electrons. The number of thiophene rings is 1. The number of amides is 1. The molecular weight excluding hydrogens is 230 g/mol. The highest BCUT2D eigenvalue weighted by molar-refractivity contribution is 7.10. The fourth-order valence-electron chi connectivity index (χ4n) is 2.41. The summed E-state index contributed by atoms with van der Waals surface area (Å²) in [7, 11) is 0. The van der Waals surface area contributed by atoms with E-state index in [1.807, 2.05) is 11.3 Å². The van der Waals surface area contributed by atoms with Crippen molar-refractivity contribution in [2.45, 2.75) is 46.1 Å². The lowest BCUT2D eigenvalue weighted by Crippen LogP contribution is -2.38. The van der Waals surface area contributed by atoms with Crippen LogP contribution in [0, 0.1) is 5.92 Å². The van der Waals surface area contributed by atoms with Gasteiger partial charge in [0.2, 0.25) is 5.91 Å². The van der Waals surface area contributed by atoms with Crippen LogP contribution < -0.4 is 0 Å². The monoisotopic (exact) mass is 251 g/mol. The van der Waals surface area contributed by atoms with Crippen LogP contribution in [-0.2, 0) is 11.2 Å². The summed E-state index contributed by atoms with van der Waals surface area (Å²) in [6.45, 7) is 7.39. The average Bonchev–Trinajstić information content (AvgIpc) is 2.75. The van der Waals surface area contributed by atoms with Gasteiger partial charge in [0.1, 0.15) is 0 Å². The molecule has 1 aromatic heterocycles. The number of carbonyl (C=O) groups is 1. The smallest absolute Gasteiger partial charge is 0.223 e. The van der Waals surface area contributed by atoms with E-state index in [0.29, 0.717) is 18.2 Å². The van der Waals surface area contributed by atoms with Gasteiger partial charge in [-0.2, -0.15) is 0 Å². The van der Waals surface area contributed by atoms with Crippen LogP contribution in [0.2, 0.25) is 0 Å². The van der Waals surface area contributed by atoms with E-state index in [1.165, 1.54) is 10.4 Å². The van der Waals surface area contributed by atoms with Gasteiger partial charge in [-0.15, -0.1) is 11.3 Å². The summed E-state index contributed by atoms with van der Waals surface area (Å²) in [4.78, 5) is 15.7. The highest BCUT2D eigenvalue weighted by atomic mass is 32.1. The normalized spacial score (nSPS) is 19.5. The van der Waals surface area contributed by atoms with E-state index in [-0.39, 0.29) is 6.04 Å². The van der Waals surface area contributed by atoms with Gasteiger partial charge in [0, 0.05) is 17.8 Å². The Kier molecular flexibility index (Phi) is 3.87. The van der Waals surface area contributed by atoms with Crippen molar-refractivity contribution in [2.75, 3.05) is 6.54 Å². The molecule has 1 aliphatic heterocycles. The van der Waals surface area contributed by atoms with E-state index < -0.39 is 0 Å². The van der Waals surface area contributed by atoms with E-state index in [4.69, 9.17) is 0 Å². The predicted molar refractivity (Wildman–Crippen MR) is 72.2 cm³/mol. The Morgan fingerprint density at radius 3 is 3.06 bits per heavy atom. The van der Waals surface area contributed by atoms with Gasteiger partial charge in [-0.25, -0.2) is 0 Å². The van der Waals surface area contributed by atoms with Crippen LogP contribution in [0.3, 0.4) is 0 Å². The van der Waals surface area contributed by atoms with E-state index >= 15 is 0 Å². The van der Waals surface area contributed by atoms with Crippen LogP contribution in [0.15, 0.2) is 11.4 Å². The Morgan fingerprint density at radius 2 is 2.35 bits per heavy atom. The van der Waals surface area contributed by atoms with Crippen LogP contribution in [0.1, 0.15) is 50.1 Å². The molecule has 1 atom stereocenters. The molecule has 0 fully saturated rings. The zero-order valence-electron chi connectivity index (χ0n) is 10.9. The number of hydrogen-bond acceptors (Lipinski definition) is 2. The highest BCUT2D eigenvalue weighted by Crippen LogP contribution is 2.33. The second kappa shape index (κ2) is 5.21. The molecule has 3 heteroatoms. The maximum absolute atomic E-state index is 12.2. The second-order valence-electron chi connectivity index (χ2n) is 5.24. The standard InChI is InChI=1S/C14H21NOS/c1-10(2)4-5-14(16)15-8-6-13-12(11(15)3)7-9-17-13/h7,9-11H,4-6,8H2,1-3H3. The van der Waals surface area contributed by atoms with Crippen molar-refractivity contribution in [3.63, 3.8) is 0 Å².